The monoisotopic (exact) mass is 264 g/mol. The molecule has 0 aliphatic heterocycles. The normalized spacial score (nSPS) is 9.83. The Morgan fingerprint density at radius 2 is 2.00 bits per heavy atom. The van der Waals surface area contributed by atoms with Crippen LogP contribution in [-0.4, -0.2) is 25.1 Å². The molecular weight excluding hydrogens is 255 g/mol. The summed E-state index contributed by atoms with van der Waals surface area (Å²) in [5.74, 6) is 1.09. The van der Waals surface area contributed by atoms with Gasteiger partial charge in [-0.1, -0.05) is 0 Å². The van der Waals surface area contributed by atoms with Gasteiger partial charge in [0.1, 0.15) is 0 Å². The maximum absolute atomic E-state index is 5.77. The molecule has 1 rings (SSSR count). The van der Waals surface area contributed by atoms with E-state index in [9.17, 15) is 0 Å². The van der Waals surface area contributed by atoms with E-state index in [1.807, 2.05) is 36.0 Å². The maximum atomic E-state index is 5.77. The summed E-state index contributed by atoms with van der Waals surface area (Å²) >= 11 is 10.6. The van der Waals surface area contributed by atoms with Crippen LogP contribution in [0, 0.1) is 0 Å². The van der Waals surface area contributed by atoms with Gasteiger partial charge in [-0.05, 0) is 0 Å². The fourth-order valence-electron chi connectivity index (χ4n) is 0.800. The Balaban J connectivity index is 2.75. The van der Waals surface area contributed by atoms with Gasteiger partial charge < -0.3 is 0 Å². The molecule has 0 atom stereocenters. The van der Waals surface area contributed by atoms with Gasteiger partial charge in [-0.25, -0.2) is 0 Å². The summed E-state index contributed by atoms with van der Waals surface area (Å²) in [7, 11) is 0. The van der Waals surface area contributed by atoms with Crippen LogP contribution < -0.4 is 0 Å². The van der Waals surface area contributed by atoms with Crippen molar-refractivity contribution in [2.24, 2.45) is 0 Å². The van der Waals surface area contributed by atoms with Gasteiger partial charge in [0, 0.05) is 0 Å². The molecule has 0 unspecified atom stereocenters. The summed E-state index contributed by atoms with van der Waals surface area (Å²) in [4.78, 5) is 0. The molecule has 0 bridgehead atoms. The van der Waals surface area contributed by atoms with E-state index in [4.69, 9.17) is 11.6 Å². The molecule has 0 saturated heterocycles. The number of benzene rings is 1. The first-order valence-electron chi connectivity index (χ1n) is 3.66. The third-order valence-electron chi connectivity index (χ3n) is 1.36. The van der Waals surface area contributed by atoms with E-state index in [1.54, 1.807) is 0 Å². The van der Waals surface area contributed by atoms with Crippen LogP contribution in [0.3, 0.4) is 0 Å². The summed E-state index contributed by atoms with van der Waals surface area (Å²) in [6.07, 6.45) is 0. The zero-order chi connectivity index (χ0) is 8.97. The van der Waals surface area contributed by atoms with Crippen molar-refractivity contribution in [3.63, 3.8) is 0 Å². The first kappa shape index (κ1) is 10.3. The number of rotatable bonds is 3. The van der Waals surface area contributed by atoms with Crippen LogP contribution in [0.15, 0.2) is 24.3 Å². The Morgan fingerprint density at radius 3 is 2.50 bits per heavy atom. The van der Waals surface area contributed by atoms with Crippen molar-refractivity contribution >= 4 is 42.7 Å². The predicted octanol–water partition coefficient (Wildman–Crippen LogP) is 2.74. The summed E-state index contributed by atoms with van der Waals surface area (Å²) in [6, 6.07) is 7.86. The first-order chi connectivity index (χ1) is 5.74. The molecule has 1 aromatic carbocycles. The zero-order valence-corrected chi connectivity index (χ0v) is 10.00. The fourth-order valence-corrected chi connectivity index (χ4v) is 2.52. The predicted molar refractivity (Wildman–Crippen MR) is 59.4 cm³/mol. The van der Waals surface area contributed by atoms with Crippen molar-refractivity contribution in [2.75, 3.05) is 5.75 Å². The molecule has 0 fully saturated rings. The van der Waals surface area contributed by atoms with Crippen LogP contribution in [0.1, 0.15) is 12.5 Å². The van der Waals surface area contributed by atoms with Gasteiger partial charge in [0.05, 0.1) is 0 Å². The van der Waals surface area contributed by atoms with Crippen molar-refractivity contribution in [3.8, 4) is 0 Å². The first-order valence-corrected chi connectivity index (χ1v) is 5.88. The topological polar surface area (TPSA) is 0 Å². The summed E-state index contributed by atoms with van der Waals surface area (Å²) in [6.45, 7) is 2.14. The van der Waals surface area contributed by atoms with Gasteiger partial charge in [0.25, 0.3) is 0 Å². The summed E-state index contributed by atoms with van der Waals surface area (Å²) in [5, 5.41) is 0.785. The van der Waals surface area contributed by atoms with Gasteiger partial charge in [-0.2, -0.15) is 0 Å². The quantitative estimate of drug-likeness (QED) is 0.756. The second kappa shape index (κ2) is 5.08. The van der Waals surface area contributed by atoms with E-state index >= 15 is 0 Å². The molecule has 0 N–H and O–H groups in total. The number of halogens is 1. The third-order valence-corrected chi connectivity index (χ3v) is 3.63. The molecule has 0 spiro atoms. The summed E-state index contributed by atoms with van der Waals surface area (Å²) in [5.41, 5.74) is 1.21. The van der Waals surface area contributed by atoms with Crippen molar-refractivity contribution in [1.82, 2.24) is 0 Å². The van der Waals surface area contributed by atoms with Crippen LogP contribution in [0.4, 0.5) is 0 Å². The van der Waals surface area contributed by atoms with Gasteiger partial charge in [0.15, 0.2) is 0 Å². The summed E-state index contributed by atoms with van der Waals surface area (Å²) < 4.78 is 1.23. The van der Waals surface area contributed by atoms with Crippen molar-refractivity contribution in [1.29, 1.82) is 0 Å². The Hall–Kier alpha value is 0.249. The minimum absolute atomic E-state index is 0.785. The Morgan fingerprint density at radius 1 is 1.42 bits per heavy atom. The van der Waals surface area contributed by atoms with Gasteiger partial charge in [-0.3, -0.25) is 0 Å². The van der Waals surface area contributed by atoms with Crippen LogP contribution >= 0.6 is 23.4 Å². The van der Waals surface area contributed by atoms with Crippen molar-refractivity contribution in [2.45, 2.75) is 6.92 Å². The minimum atomic E-state index is 0.785. The Kier molecular flexibility index (Phi) is 4.38. The molecule has 12 heavy (non-hydrogen) atoms. The molecule has 0 aliphatic rings. The molecule has 3 heteroatoms. The van der Waals surface area contributed by atoms with Gasteiger partial charge in [-0.15, -0.1) is 0 Å². The molecule has 64 valence electrons. The molecular formula is C9H9ClSSe. The van der Waals surface area contributed by atoms with E-state index < -0.39 is 0 Å². The standard InChI is InChI=1S/C9H9ClSSe/c1-2-11-9(12)7-3-5-8(10)6-4-7/h3-6H,2H2,1H3. The second-order valence-corrected chi connectivity index (χ2v) is 5.38. The SMILES string of the molecule is CCSC(=[Se])c1ccc(Cl)cc1. The fraction of sp³-hybridized carbons (Fsp3) is 0.222. The molecule has 0 nitrogen and oxygen atoms in total. The van der Waals surface area contributed by atoms with Crippen molar-refractivity contribution < 1.29 is 0 Å². The Labute approximate surface area is 90.1 Å². The molecule has 0 saturated carbocycles. The van der Waals surface area contributed by atoms with E-state index in [2.05, 4.69) is 22.5 Å². The number of thioether (sulfide) groups is 1. The van der Waals surface area contributed by atoms with Crippen LogP contribution in [0.2, 0.25) is 5.02 Å². The Bertz CT molecular complexity index is 268. The molecule has 0 aliphatic carbocycles. The van der Waals surface area contributed by atoms with Crippen LogP contribution in [-0.2, 0) is 0 Å². The van der Waals surface area contributed by atoms with Gasteiger partial charge in [0.2, 0.25) is 0 Å². The molecule has 0 heterocycles. The third kappa shape index (κ3) is 2.95. The average molecular weight is 264 g/mol. The van der Waals surface area contributed by atoms with E-state index in [0.29, 0.717) is 0 Å². The number of hydrogen-bond acceptors (Lipinski definition) is 1. The average Bonchev–Trinajstić information content (AvgIpc) is 2.06. The molecule has 0 radical (unpaired) electrons. The molecule has 0 amide bonds. The van der Waals surface area contributed by atoms with Crippen LogP contribution in [0.5, 0.6) is 0 Å². The number of hydrogen-bond donors (Lipinski definition) is 0. The second-order valence-electron chi connectivity index (χ2n) is 2.23. The van der Waals surface area contributed by atoms with E-state index in [-0.39, 0.29) is 0 Å². The zero-order valence-electron chi connectivity index (χ0n) is 6.71. The van der Waals surface area contributed by atoms with Crippen LogP contribution in [0.25, 0.3) is 0 Å². The molecule has 0 aromatic heterocycles. The van der Waals surface area contributed by atoms with Crippen molar-refractivity contribution in [3.05, 3.63) is 34.9 Å². The van der Waals surface area contributed by atoms with E-state index in [1.165, 1.54) is 9.31 Å². The van der Waals surface area contributed by atoms with Gasteiger partial charge >= 0.3 is 90.2 Å². The molecule has 1 aromatic rings. The van der Waals surface area contributed by atoms with E-state index in [0.717, 1.165) is 10.8 Å².